The third-order valence-electron chi connectivity index (χ3n) is 2.40. The van der Waals surface area contributed by atoms with E-state index in [-0.39, 0.29) is 16.6 Å². The number of hydrogen-bond donors (Lipinski definition) is 1. The Labute approximate surface area is 116 Å². The molecule has 0 aliphatic rings. The summed E-state index contributed by atoms with van der Waals surface area (Å²) in [6.07, 6.45) is -1.79. The predicted octanol–water partition coefficient (Wildman–Crippen LogP) is 3.07. The quantitative estimate of drug-likeness (QED) is 0.882. The van der Waals surface area contributed by atoms with Gasteiger partial charge in [0.25, 0.3) is 0 Å². The minimum atomic E-state index is -4.49. The van der Waals surface area contributed by atoms with Crippen LogP contribution in [-0.2, 0) is 11.0 Å². The zero-order valence-corrected chi connectivity index (χ0v) is 10.8. The number of imidazole rings is 1. The standard InChI is InChI=1S/C12H9F3N2O2S/c13-12(14,15)8-3-1-2-4-9(8)17-6-5-16-11(17)20-7-10(18)19/h1-6H,7H2,(H,18,19). The third kappa shape index (κ3) is 3.13. The smallest absolute Gasteiger partial charge is 0.418 e. The molecule has 1 aromatic heterocycles. The number of thioether (sulfide) groups is 1. The number of nitrogens with zero attached hydrogens (tertiary/aromatic N) is 2. The molecule has 0 spiro atoms. The molecule has 0 atom stereocenters. The monoisotopic (exact) mass is 302 g/mol. The Morgan fingerprint density at radius 2 is 2.05 bits per heavy atom. The van der Waals surface area contributed by atoms with Crippen LogP contribution in [0.15, 0.2) is 41.8 Å². The largest absolute Gasteiger partial charge is 0.481 e. The van der Waals surface area contributed by atoms with Gasteiger partial charge in [-0.15, -0.1) is 0 Å². The minimum Gasteiger partial charge on any atom is -0.481 e. The number of aliphatic carboxylic acids is 1. The van der Waals surface area contributed by atoms with E-state index in [1.165, 1.54) is 35.2 Å². The van der Waals surface area contributed by atoms with Gasteiger partial charge in [-0.1, -0.05) is 23.9 Å². The average Bonchev–Trinajstić information content (AvgIpc) is 2.83. The van der Waals surface area contributed by atoms with Crippen molar-refractivity contribution in [3.05, 3.63) is 42.2 Å². The zero-order chi connectivity index (χ0) is 14.8. The van der Waals surface area contributed by atoms with E-state index in [0.717, 1.165) is 17.8 Å². The van der Waals surface area contributed by atoms with Crippen molar-refractivity contribution in [3.63, 3.8) is 0 Å². The molecule has 1 aromatic carbocycles. The van der Waals surface area contributed by atoms with Crippen LogP contribution in [0.25, 0.3) is 5.69 Å². The lowest BCUT2D eigenvalue weighted by Crippen LogP contribution is -2.11. The molecule has 106 valence electrons. The predicted molar refractivity (Wildman–Crippen MR) is 66.9 cm³/mol. The first kappa shape index (κ1) is 14.4. The van der Waals surface area contributed by atoms with Crippen LogP contribution in [0, 0.1) is 0 Å². The Morgan fingerprint density at radius 3 is 2.70 bits per heavy atom. The maximum absolute atomic E-state index is 13.0. The molecule has 0 saturated heterocycles. The van der Waals surface area contributed by atoms with E-state index >= 15 is 0 Å². The minimum absolute atomic E-state index is 0.0783. The second kappa shape index (κ2) is 5.58. The van der Waals surface area contributed by atoms with Gasteiger partial charge in [-0.25, -0.2) is 4.98 Å². The SMILES string of the molecule is O=C(O)CSc1nccn1-c1ccccc1C(F)(F)F. The van der Waals surface area contributed by atoms with Crippen molar-refractivity contribution in [3.8, 4) is 5.69 Å². The average molecular weight is 302 g/mol. The Bertz CT molecular complexity index is 625. The first-order chi connectivity index (χ1) is 9.39. The van der Waals surface area contributed by atoms with Gasteiger partial charge in [-0.2, -0.15) is 13.2 Å². The van der Waals surface area contributed by atoms with E-state index in [1.807, 2.05) is 0 Å². The van der Waals surface area contributed by atoms with Crippen LogP contribution >= 0.6 is 11.8 Å². The number of alkyl halides is 3. The Balaban J connectivity index is 2.43. The number of benzene rings is 1. The number of halogens is 3. The van der Waals surface area contributed by atoms with E-state index in [4.69, 9.17) is 5.11 Å². The molecule has 0 saturated carbocycles. The second-order valence-electron chi connectivity index (χ2n) is 3.78. The van der Waals surface area contributed by atoms with Crippen LogP contribution < -0.4 is 0 Å². The van der Waals surface area contributed by atoms with Crippen LogP contribution in [0.2, 0.25) is 0 Å². The van der Waals surface area contributed by atoms with Crippen molar-refractivity contribution in [2.75, 3.05) is 5.75 Å². The molecule has 20 heavy (non-hydrogen) atoms. The van der Waals surface area contributed by atoms with Gasteiger partial charge >= 0.3 is 12.1 Å². The van der Waals surface area contributed by atoms with Gasteiger partial charge in [0.2, 0.25) is 0 Å². The van der Waals surface area contributed by atoms with Crippen molar-refractivity contribution >= 4 is 17.7 Å². The molecular formula is C12H9F3N2O2S. The topological polar surface area (TPSA) is 55.1 Å². The summed E-state index contributed by atoms with van der Waals surface area (Å²) in [6, 6.07) is 5.07. The molecule has 1 heterocycles. The number of hydrogen-bond acceptors (Lipinski definition) is 3. The molecule has 2 rings (SSSR count). The molecule has 0 aliphatic heterocycles. The fourth-order valence-corrected chi connectivity index (χ4v) is 2.32. The van der Waals surface area contributed by atoms with Gasteiger partial charge in [-0.3, -0.25) is 9.36 Å². The fraction of sp³-hybridized carbons (Fsp3) is 0.167. The first-order valence-corrected chi connectivity index (χ1v) is 6.42. The highest BCUT2D eigenvalue weighted by atomic mass is 32.2. The van der Waals surface area contributed by atoms with Crippen molar-refractivity contribution in [1.82, 2.24) is 9.55 Å². The first-order valence-electron chi connectivity index (χ1n) is 5.44. The maximum Gasteiger partial charge on any atom is 0.418 e. The van der Waals surface area contributed by atoms with Crippen LogP contribution in [0.1, 0.15) is 5.56 Å². The van der Waals surface area contributed by atoms with Crippen molar-refractivity contribution in [2.45, 2.75) is 11.3 Å². The molecule has 1 N–H and O–H groups in total. The zero-order valence-electron chi connectivity index (χ0n) is 9.96. The number of rotatable bonds is 4. The molecule has 2 aromatic rings. The third-order valence-corrected chi connectivity index (χ3v) is 3.35. The number of carboxylic acid groups (broad SMARTS) is 1. The van der Waals surface area contributed by atoms with Crippen molar-refractivity contribution in [2.24, 2.45) is 0 Å². The molecule has 0 amide bonds. The van der Waals surface area contributed by atoms with E-state index in [1.54, 1.807) is 0 Å². The summed E-state index contributed by atoms with van der Waals surface area (Å²) < 4.78 is 40.1. The molecule has 4 nitrogen and oxygen atoms in total. The van der Waals surface area contributed by atoms with Gasteiger partial charge in [-0.05, 0) is 12.1 Å². The van der Waals surface area contributed by atoms with Crippen LogP contribution in [-0.4, -0.2) is 26.4 Å². The number of aromatic nitrogens is 2. The highest BCUT2D eigenvalue weighted by Gasteiger charge is 2.34. The van der Waals surface area contributed by atoms with Crippen LogP contribution in [0.3, 0.4) is 0 Å². The van der Waals surface area contributed by atoms with E-state index < -0.39 is 17.7 Å². The lowest BCUT2D eigenvalue weighted by molar-refractivity contribution is -0.137. The molecule has 0 aliphatic carbocycles. The highest BCUT2D eigenvalue weighted by Crippen LogP contribution is 2.34. The summed E-state index contributed by atoms with van der Waals surface area (Å²) in [5.74, 6) is -1.33. The molecule has 0 radical (unpaired) electrons. The van der Waals surface area contributed by atoms with E-state index in [2.05, 4.69) is 4.98 Å². The molecule has 0 fully saturated rings. The number of carboxylic acids is 1. The van der Waals surface area contributed by atoms with E-state index in [9.17, 15) is 18.0 Å². The van der Waals surface area contributed by atoms with Crippen LogP contribution in [0.4, 0.5) is 13.2 Å². The Kier molecular flexibility index (Phi) is 4.03. The Morgan fingerprint density at radius 1 is 1.35 bits per heavy atom. The molecule has 0 unspecified atom stereocenters. The summed E-state index contributed by atoms with van der Waals surface area (Å²) >= 11 is 0.861. The molecule has 8 heteroatoms. The normalized spacial score (nSPS) is 11.6. The van der Waals surface area contributed by atoms with Crippen LogP contribution in [0.5, 0.6) is 0 Å². The van der Waals surface area contributed by atoms with Crippen molar-refractivity contribution in [1.29, 1.82) is 0 Å². The van der Waals surface area contributed by atoms with Gasteiger partial charge in [0.05, 0.1) is 17.0 Å². The number of carbonyl (C=O) groups is 1. The second-order valence-corrected chi connectivity index (χ2v) is 4.72. The molecule has 0 bridgehead atoms. The molecular weight excluding hydrogens is 293 g/mol. The summed E-state index contributed by atoms with van der Waals surface area (Å²) in [7, 11) is 0. The van der Waals surface area contributed by atoms with Gasteiger partial charge in [0.1, 0.15) is 0 Å². The summed E-state index contributed by atoms with van der Waals surface area (Å²) in [4.78, 5) is 14.4. The van der Waals surface area contributed by atoms with Crippen molar-refractivity contribution < 1.29 is 23.1 Å². The van der Waals surface area contributed by atoms with Gasteiger partial charge in [0.15, 0.2) is 5.16 Å². The Hall–Kier alpha value is -1.96. The fourth-order valence-electron chi connectivity index (χ4n) is 1.63. The lowest BCUT2D eigenvalue weighted by atomic mass is 10.1. The summed E-state index contributed by atoms with van der Waals surface area (Å²) in [5.41, 5.74) is -0.874. The summed E-state index contributed by atoms with van der Waals surface area (Å²) in [5, 5.41) is 8.82. The highest BCUT2D eigenvalue weighted by molar-refractivity contribution is 7.99. The van der Waals surface area contributed by atoms with E-state index in [0.29, 0.717) is 0 Å². The maximum atomic E-state index is 13.0. The van der Waals surface area contributed by atoms with Gasteiger partial charge < -0.3 is 5.11 Å². The lowest BCUT2D eigenvalue weighted by Gasteiger charge is -2.14. The number of para-hydroxylation sites is 1. The summed E-state index contributed by atoms with van der Waals surface area (Å²) in [6.45, 7) is 0. The van der Waals surface area contributed by atoms with Gasteiger partial charge in [0, 0.05) is 12.4 Å².